The highest BCUT2D eigenvalue weighted by Gasteiger charge is 2.15. The van der Waals surface area contributed by atoms with E-state index in [2.05, 4.69) is 25.6 Å². The summed E-state index contributed by atoms with van der Waals surface area (Å²) in [5.74, 6) is -1.22. The van der Waals surface area contributed by atoms with E-state index in [-0.39, 0.29) is 28.6 Å². The molecule has 0 aliphatic rings. The van der Waals surface area contributed by atoms with Crippen molar-refractivity contribution >= 4 is 23.1 Å². The maximum atomic E-state index is 14.8. The molecule has 0 aliphatic heterocycles. The van der Waals surface area contributed by atoms with Crippen LogP contribution in [0, 0.1) is 41.2 Å². The van der Waals surface area contributed by atoms with Gasteiger partial charge in [0.2, 0.25) is 5.95 Å². The van der Waals surface area contributed by atoms with E-state index in [1.54, 1.807) is 31.2 Å². The molecule has 4 aromatic rings. The SMILES string of the molecule is Cc1cnc(Nc2ccc(C#N)cc2)nc1Nc1c(F)cc(-c2cncc(C#N)c2)cc1F. The van der Waals surface area contributed by atoms with Crippen LogP contribution in [0.2, 0.25) is 0 Å². The average Bonchev–Trinajstić information content (AvgIpc) is 2.83. The van der Waals surface area contributed by atoms with Gasteiger partial charge in [-0.3, -0.25) is 4.98 Å². The van der Waals surface area contributed by atoms with Gasteiger partial charge in [-0.25, -0.2) is 13.8 Å². The zero-order valence-corrected chi connectivity index (χ0v) is 17.3. The third-order valence-electron chi connectivity index (χ3n) is 4.73. The highest BCUT2D eigenvalue weighted by Crippen LogP contribution is 2.30. The number of hydrogen-bond acceptors (Lipinski definition) is 7. The molecule has 9 heteroatoms. The van der Waals surface area contributed by atoms with E-state index in [1.165, 1.54) is 24.7 Å². The fourth-order valence-electron chi connectivity index (χ4n) is 3.02. The maximum absolute atomic E-state index is 14.8. The largest absolute Gasteiger partial charge is 0.335 e. The number of aryl methyl sites for hydroxylation is 1. The summed E-state index contributed by atoms with van der Waals surface area (Å²) in [6.45, 7) is 1.71. The van der Waals surface area contributed by atoms with Crippen LogP contribution < -0.4 is 10.6 Å². The van der Waals surface area contributed by atoms with Gasteiger partial charge in [-0.2, -0.15) is 15.5 Å². The highest BCUT2D eigenvalue weighted by molar-refractivity contribution is 5.70. The standard InChI is InChI=1S/C24H15F2N7/c1-14-11-30-24(31-19-4-2-15(9-27)3-5-19)33-23(14)32-22-20(25)7-17(8-21(22)26)18-6-16(10-28)12-29-13-18/h2-8,11-13H,1H3,(H2,30,31,32,33). The molecule has 0 saturated heterocycles. The van der Waals surface area contributed by atoms with Crippen LogP contribution in [0.3, 0.4) is 0 Å². The van der Waals surface area contributed by atoms with Crippen molar-refractivity contribution in [2.75, 3.05) is 10.6 Å². The van der Waals surface area contributed by atoms with Gasteiger partial charge in [0.15, 0.2) is 0 Å². The Morgan fingerprint density at radius 2 is 1.52 bits per heavy atom. The number of aromatic nitrogens is 3. The molecule has 0 fully saturated rings. The number of anilines is 4. The fraction of sp³-hybridized carbons (Fsp3) is 0.0417. The predicted molar refractivity (Wildman–Crippen MR) is 119 cm³/mol. The van der Waals surface area contributed by atoms with Crippen molar-refractivity contribution in [3.8, 4) is 23.3 Å². The van der Waals surface area contributed by atoms with Gasteiger partial charge in [-0.05, 0) is 55.0 Å². The first-order chi connectivity index (χ1) is 16.0. The molecular formula is C24H15F2N7. The van der Waals surface area contributed by atoms with Crippen molar-refractivity contribution in [1.82, 2.24) is 15.0 Å². The number of rotatable bonds is 5. The van der Waals surface area contributed by atoms with Crippen molar-refractivity contribution in [2.24, 2.45) is 0 Å². The van der Waals surface area contributed by atoms with Crippen molar-refractivity contribution in [1.29, 1.82) is 10.5 Å². The molecule has 2 heterocycles. The van der Waals surface area contributed by atoms with E-state index in [0.29, 0.717) is 22.4 Å². The van der Waals surface area contributed by atoms with Gasteiger partial charge in [0.25, 0.3) is 0 Å². The highest BCUT2D eigenvalue weighted by atomic mass is 19.1. The molecule has 33 heavy (non-hydrogen) atoms. The monoisotopic (exact) mass is 439 g/mol. The quantitative estimate of drug-likeness (QED) is 0.431. The molecule has 0 amide bonds. The van der Waals surface area contributed by atoms with Gasteiger partial charge in [-0.15, -0.1) is 0 Å². The van der Waals surface area contributed by atoms with E-state index < -0.39 is 11.6 Å². The van der Waals surface area contributed by atoms with Crippen LogP contribution in [0.5, 0.6) is 0 Å². The minimum absolute atomic E-state index is 0.213. The lowest BCUT2D eigenvalue weighted by Crippen LogP contribution is -2.05. The third kappa shape index (κ3) is 4.73. The van der Waals surface area contributed by atoms with Crippen molar-refractivity contribution in [3.63, 3.8) is 0 Å². The minimum atomic E-state index is -0.827. The smallest absolute Gasteiger partial charge is 0.229 e. The molecule has 4 rings (SSSR count). The van der Waals surface area contributed by atoms with Crippen LogP contribution in [0.1, 0.15) is 16.7 Å². The lowest BCUT2D eigenvalue weighted by molar-refractivity contribution is 0.591. The summed E-state index contributed by atoms with van der Waals surface area (Å²) in [6.07, 6.45) is 4.32. The molecule has 2 aromatic heterocycles. The number of nitriles is 2. The summed E-state index contributed by atoms with van der Waals surface area (Å²) in [4.78, 5) is 12.4. The minimum Gasteiger partial charge on any atom is -0.335 e. The second kappa shape index (κ2) is 9.08. The first-order valence-electron chi connectivity index (χ1n) is 9.69. The number of benzene rings is 2. The van der Waals surface area contributed by atoms with Crippen LogP contribution in [-0.2, 0) is 0 Å². The molecule has 0 aliphatic carbocycles. The number of halogens is 2. The first kappa shape index (κ1) is 21.3. The molecule has 0 radical (unpaired) electrons. The number of nitrogens with one attached hydrogen (secondary N) is 2. The number of nitrogens with zero attached hydrogens (tertiary/aromatic N) is 5. The zero-order valence-electron chi connectivity index (χ0n) is 17.3. The molecule has 0 bridgehead atoms. The molecule has 0 unspecified atom stereocenters. The second-order valence-corrected chi connectivity index (χ2v) is 7.05. The molecular weight excluding hydrogens is 424 g/mol. The number of hydrogen-bond donors (Lipinski definition) is 2. The van der Waals surface area contributed by atoms with Gasteiger partial charge in [0.05, 0.1) is 17.2 Å². The van der Waals surface area contributed by atoms with Crippen molar-refractivity contribution in [3.05, 3.63) is 89.4 Å². The summed E-state index contributed by atoms with van der Waals surface area (Å²) in [6, 6.07) is 14.5. The van der Waals surface area contributed by atoms with Gasteiger partial charge >= 0.3 is 0 Å². The Hall–Kier alpha value is -4.89. The van der Waals surface area contributed by atoms with Crippen LogP contribution in [0.15, 0.2) is 61.1 Å². The van der Waals surface area contributed by atoms with Gasteiger partial charge in [-0.1, -0.05) is 0 Å². The summed E-state index contributed by atoms with van der Waals surface area (Å²) >= 11 is 0. The average molecular weight is 439 g/mol. The first-order valence-corrected chi connectivity index (χ1v) is 9.69. The molecule has 0 spiro atoms. The molecule has 0 saturated carbocycles. The van der Waals surface area contributed by atoms with Gasteiger partial charge in [0.1, 0.15) is 29.2 Å². The normalized spacial score (nSPS) is 10.2. The van der Waals surface area contributed by atoms with E-state index in [0.717, 1.165) is 12.1 Å². The molecule has 7 nitrogen and oxygen atoms in total. The summed E-state index contributed by atoms with van der Waals surface area (Å²) in [5, 5.41) is 23.6. The Morgan fingerprint density at radius 3 is 2.18 bits per heavy atom. The Balaban J connectivity index is 1.61. The second-order valence-electron chi connectivity index (χ2n) is 7.05. The third-order valence-corrected chi connectivity index (χ3v) is 4.73. The van der Waals surface area contributed by atoms with Crippen molar-refractivity contribution in [2.45, 2.75) is 6.92 Å². The Morgan fingerprint density at radius 1 is 0.818 bits per heavy atom. The van der Waals surface area contributed by atoms with E-state index in [1.807, 2.05) is 12.1 Å². The summed E-state index contributed by atoms with van der Waals surface area (Å²) in [5.41, 5.74) is 2.34. The van der Waals surface area contributed by atoms with Gasteiger partial charge < -0.3 is 10.6 Å². The predicted octanol–water partition coefficient (Wildman–Crippen LogP) is 5.36. The topological polar surface area (TPSA) is 110 Å². The van der Waals surface area contributed by atoms with Gasteiger partial charge in [0, 0.05) is 35.4 Å². The van der Waals surface area contributed by atoms with E-state index >= 15 is 0 Å². The number of pyridine rings is 1. The Kier molecular flexibility index (Phi) is 5.87. The van der Waals surface area contributed by atoms with Crippen LogP contribution in [0.4, 0.5) is 31.9 Å². The van der Waals surface area contributed by atoms with Crippen LogP contribution >= 0.6 is 0 Å². The molecule has 2 N–H and O–H groups in total. The molecule has 160 valence electrons. The van der Waals surface area contributed by atoms with E-state index in [9.17, 15) is 8.78 Å². The lowest BCUT2D eigenvalue weighted by Gasteiger charge is -2.13. The summed E-state index contributed by atoms with van der Waals surface area (Å²) in [7, 11) is 0. The Bertz CT molecular complexity index is 1400. The molecule has 0 atom stereocenters. The fourth-order valence-corrected chi connectivity index (χ4v) is 3.02. The van der Waals surface area contributed by atoms with Crippen LogP contribution in [-0.4, -0.2) is 15.0 Å². The summed E-state index contributed by atoms with van der Waals surface area (Å²) < 4.78 is 29.7. The molecule has 2 aromatic carbocycles. The van der Waals surface area contributed by atoms with Crippen molar-refractivity contribution < 1.29 is 8.78 Å². The maximum Gasteiger partial charge on any atom is 0.229 e. The van der Waals surface area contributed by atoms with Crippen LogP contribution in [0.25, 0.3) is 11.1 Å². The zero-order chi connectivity index (χ0) is 23.4. The lowest BCUT2D eigenvalue weighted by atomic mass is 10.1. The van der Waals surface area contributed by atoms with E-state index in [4.69, 9.17) is 10.5 Å². The Labute approximate surface area is 188 Å².